The van der Waals surface area contributed by atoms with Crippen LogP contribution in [0.25, 0.3) is 10.9 Å². The van der Waals surface area contributed by atoms with E-state index in [9.17, 15) is 0 Å². The van der Waals surface area contributed by atoms with Crippen molar-refractivity contribution in [3.8, 4) is 0 Å². The SMILES string of the molecule is C/C(=N\OCC(C)(C)CO/N=C1\CCCc2ccc(C)nc21)c1ccc2ccccc2n1. The van der Waals surface area contributed by atoms with Gasteiger partial charge in [0.2, 0.25) is 0 Å². The lowest BCUT2D eigenvalue weighted by Crippen LogP contribution is -2.24. The summed E-state index contributed by atoms with van der Waals surface area (Å²) < 4.78 is 0. The molecule has 0 saturated carbocycles. The summed E-state index contributed by atoms with van der Waals surface area (Å²) in [6.07, 6.45) is 3.01. The Morgan fingerprint density at radius 1 is 0.969 bits per heavy atom. The summed E-state index contributed by atoms with van der Waals surface area (Å²) in [4.78, 5) is 20.7. The van der Waals surface area contributed by atoms with Gasteiger partial charge in [0.1, 0.15) is 24.6 Å². The minimum Gasteiger partial charge on any atom is -0.395 e. The molecule has 1 aliphatic rings. The van der Waals surface area contributed by atoms with Crippen LogP contribution in [0.5, 0.6) is 0 Å². The molecular weight excluding hydrogens is 400 g/mol. The Morgan fingerprint density at radius 3 is 2.66 bits per heavy atom. The van der Waals surface area contributed by atoms with Crippen LogP contribution in [0.15, 0.2) is 58.8 Å². The number of para-hydroxylation sites is 1. The number of hydrogen-bond acceptors (Lipinski definition) is 6. The maximum atomic E-state index is 5.73. The first-order valence-corrected chi connectivity index (χ1v) is 11.1. The number of aromatic nitrogens is 2. The summed E-state index contributed by atoms with van der Waals surface area (Å²) in [7, 11) is 0. The molecule has 2 aromatic heterocycles. The highest BCUT2D eigenvalue weighted by molar-refractivity contribution is 6.00. The van der Waals surface area contributed by atoms with Gasteiger partial charge >= 0.3 is 0 Å². The fourth-order valence-electron chi connectivity index (χ4n) is 3.64. The van der Waals surface area contributed by atoms with Crippen LogP contribution in [0.4, 0.5) is 0 Å². The monoisotopic (exact) mass is 430 g/mol. The van der Waals surface area contributed by atoms with E-state index >= 15 is 0 Å². The summed E-state index contributed by atoms with van der Waals surface area (Å²) in [5, 5.41) is 9.81. The van der Waals surface area contributed by atoms with E-state index in [0.29, 0.717) is 13.2 Å². The Balaban J connectivity index is 1.33. The molecule has 0 radical (unpaired) electrons. The van der Waals surface area contributed by atoms with Crippen molar-refractivity contribution in [3.63, 3.8) is 0 Å². The molecule has 0 aliphatic heterocycles. The zero-order valence-corrected chi connectivity index (χ0v) is 19.3. The predicted molar refractivity (Wildman–Crippen MR) is 128 cm³/mol. The van der Waals surface area contributed by atoms with Crippen molar-refractivity contribution in [1.82, 2.24) is 9.97 Å². The van der Waals surface area contributed by atoms with E-state index in [2.05, 4.69) is 46.3 Å². The fourth-order valence-corrected chi connectivity index (χ4v) is 3.64. The van der Waals surface area contributed by atoms with Crippen molar-refractivity contribution in [3.05, 3.63) is 71.2 Å². The Morgan fingerprint density at radius 2 is 1.78 bits per heavy atom. The highest BCUT2D eigenvalue weighted by atomic mass is 16.6. The van der Waals surface area contributed by atoms with Crippen molar-refractivity contribution in [2.45, 2.75) is 47.0 Å². The lowest BCUT2D eigenvalue weighted by Gasteiger charge is -2.22. The van der Waals surface area contributed by atoms with Crippen molar-refractivity contribution < 1.29 is 9.68 Å². The number of rotatable bonds is 7. The van der Waals surface area contributed by atoms with Gasteiger partial charge in [-0.1, -0.05) is 54.5 Å². The van der Waals surface area contributed by atoms with Gasteiger partial charge in [0.15, 0.2) is 0 Å². The molecule has 6 nitrogen and oxygen atoms in total. The maximum absolute atomic E-state index is 5.73. The number of benzene rings is 1. The van der Waals surface area contributed by atoms with Crippen LogP contribution in [-0.2, 0) is 16.1 Å². The number of aryl methyl sites for hydroxylation is 2. The minimum absolute atomic E-state index is 0.248. The minimum atomic E-state index is -0.248. The first-order valence-electron chi connectivity index (χ1n) is 11.1. The lowest BCUT2D eigenvalue weighted by atomic mass is 9.94. The summed E-state index contributed by atoms with van der Waals surface area (Å²) in [6.45, 7) is 8.90. The molecule has 1 aliphatic carbocycles. The molecule has 0 amide bonds. The van der Waals surface area contributed by atoms with Crippen LogP contribution >= 0.6 is 0 Å². The second-order valence-corrected chi connectivity index (χ2v) is 9.13. The van der Waals surface area contributed by atoms with Crippen LogP contribution in [0.1, 0.15) is 56.3 Å². The number of fused-ring (bicyclic) bond motifs is 2. The smallest absolute Gasteiger partial charge is 0.125 e. The van der Waals surface area contributed by atoms with Gasteiger partial charge in [-0.15, -0.1) is 0 Å². The van der Waals surface area contributed by atoms with E-state index in [1.54, 1.807) is 0 Å². The second-order valence-electron chi connectivity index (χ2n) is 9.13. The third kappa shape index (κ3) is 5.31. The average molecular weight is 431 g/mol. The van der Waals surface area contributed by atoms with E-state index in [0.717, 1.165) is 58.7 Å². The quantitative estimate of drug-likeness (QED) is 0.369. The van der Waals surface area contributed by atoms with E-state index < -0.39 is 0 Å². The number of oxime groups is 2. The summed E-state index contributed by atoms with van der Waals surface area (Å²) in [5.41, 5.74) is 6.41. The Kier molecular flexibility index (Phi) is 6.49. The molecule has 0 unspecified atom stereocenters. The first-order chi connectivity index (χ1) is 15.4. The van der Waals surface area contributed by atoms with E-state index in [-0.39, 0.29) is 5.41 Å². The molecule has 1 aromatic carbocycles. The van der Waals surface area contributed by atoms with Gasteiger partial charge in [-0.2, -0.15) is 0 Å². The standard InChI is InChI=1S/C26H30N4O2/c1-18-12-13-21-9-7-11-24(25(21)27-18)30-32-17-26(3,4)16-31-29-19(2)22-15-14-20-8-5-6-10-23(20)28-22/h5-6,8,10,12-15H,7,9,11,16-17H2,1-4H3/b29-19+,30-24+. The fraction of sp³-hybridized carbons (Fsp3) is 0.385. The molecule has 0 N–H and O–H groups in total. The molecule has 32 heavy (non-hydrogen) atoms. The van der Waals surface area contributed by atoms with Crippen molar-refractivity contribution in [2.75, 3.05) is 13.2 Å². The van der Waals surface area contributed by atoms with Gasteiger partial charge in [0, 0.05) is 16.5 Å². The normalized spacial score (nSPS) is 15.6. The number of hydrogen-bond donors (Lipinski definition) is 0. The molecule has 2 heterocycles. The third-order valence-electron chi connectivity index (χ3n) is 5.51. The van der Waals surface area contributed by atoms with Crippen LogP contribution in [0, 0.1) is 12.3 Å². The lowest BCUT2D eigenvalue weighted by molar-refractivity contribution is -0.000157. The summed E-state index contributed by atoms with van der Waals surface area (Å²) >= 11 is 0. The van der Waals surface area contributed by atoms with Gasteiger partial charge in [0.25, 0.3) is 0 Å². The van der Waals surface area contributed by atoms with Gasteiger partial charge in [-0.05, 0) is 56.9 Å². The predicted octanol–water partition coefficient (Wildman–Crippen LogP) is 5.46. The van der Waals surface area contributed by atoms with Gasteiger partial charge in [-0.25, -0.2) is 4.98 Å². The zero-order valence-electron chi connectivity index (χ0n) is 19.3. The molecule has 0 spiro atoms. The third-order valence-corrected chi connectivity index (χ3v) is 5.51. The molecule has 4 rings (SSSR count). The molecule has 0 atom stereocenters. The molecule has 0 bridgehead atoms. The van der Waals surface area contributed by atoms with E-state index in [1.807, 2.05) is 50.2 Å². The Labute approximate surface area is 189 Å². The van der Waals surface area contributed by atoms with Crippen molar-refractivity contribution >= 4 is 22.3 Å². The van der Waals surface area contributed by atoms with Gasteiger partial charge in [0.05, 0.1) is 16.9 Å². The van der Waals surface area contributed by atoms with Crippen molar-refractivity contribution in [2.24, 2.45) is 15.7 Å². The first kappa shape index (κ1) is 21.9. The Hall–Kier alpha value is -3.28. The number of pyridine rings is 2. The highest BCUT2D eigenvalue weighted by Gasteiger charge is 2.22. The van der Waals surface area contributed by atoms with Crippen LogP contribution in [-0.4, -0.2) is 34.6 Å². The van der Waals surface area contributed by atoms with Gasteiger partial charge in [-0.3, -0.25) is 4.98 Å². The largest absolute Gasteiger partial charge is 0.395 e. The summed E-state index contributed by atoms with van der Waals surface area (Å²) in [5.74, 6) is 0. The summed E-state index contributed by atoms with van der Waals surface area (Å²) in [6, 6.07) is 16.2. The molecule has 0 fully saturated rings. The topological polar surface area (TPSA) is 69.0 Å². The average Bonchev–Trinajstić information content (AvgIpc) is 2.78. The number of nitrogens with zero attached hydrogens (tertiary/aromatic N) is 4. The molecule has 3 aromatic rings. The molecular formula is C26H30N4O2. The molecule has 6 heteroatoms. The zero-order chi connectivity index (χ0) is 22.6. The maximum Gasteiger partial charge on any atom is 0.125 e. The van der Waals surface area contributed by atoms with E-state index in [1.165, 1.54) is 5.56 Å². The van der Waals surface area contributed by atoms with Crippen molar-refractivity contribution in [1.29, 1.82) is 0 Å². The Bertz CT molecular complexity index is 1170. The molecule has 0 saturated heterocycles. The van der Waals surface area contributed by atoms with Gasteiger partial charge < -0.3 is 9.68 Å². The highest BCUT2D eigenvalue weighted by Crippen LogP contribution is 2.22. The molecule has 166 valence electrons. The van der Waals surface area contributed by atoms with Crippen LogP contribution in [0.3, 0.4) is 0 Å². The van der Waals surface area contributed by atoms with E-state index in [4.69, 9.17) is 9.68 Å². The second kappa shape index (κ2) is 9.47. The van der Waals surface area contributed by atoms with Crippen LogP contribution < -0.4 is 0 Å². The van der Waals surface area contributed by atoms with Crippen LogP contribution in [0.2, 0.25) is 0 Å².